The van der Waals surface area contributed by atoms with Crippen LogP contribution in [0, 0.1) is 18.2 Å². The minimum atomic E-state index is -0.0569. The summed E-state index contributed by atoms with van der Waals surface area (Å²) >= 11 is 0. The van der Waals surface area contributed by atoms with Gasteiger partial charge in [-0.3, -0.25) is 4.98 Å². The first-order chi connectivity index (χ1) is 55.0. The summed E-state index contributed by atoms with van der Waals surface area (Å²) in [5, 5.41) is 14.0. The van der Waals surface area contributed by atoms with Crippen LogP contribution in [-0.2, 0) is 20.1 Å². The van der Waals surface area contributed by atoms with E-state index in [9.17, 15) is 0 Å². The minimum absolute atomic E-state index is 0. The maximum Gasteiger partial charge on any atom is 3.00 e. The van der Waals surface area contributed by atoms with Crippen LogP contribution in [0.3, 0.4) is 0 Å². The van der Waals surface area contributed by atoms with Gasteiger partial charge in [0.1, 0.15) is 0 Å². The number of hydrogen-bond donors (Lipinski definition) is 0. The molecule has 8 nitrogen and oxygen atoms in total. The van der Waals surface area contributed by atoms with Crippen LogP contribution in [-0.4, -0.2) is 45.0 Å². The van der Waals surface area contributed by atoms with Crippen LogP contribution in [0.5, 0.6) is 0 Å². The van der Waals surface area contributed by atoms with Crippen LogP contribution >= 0.6 is 0 Å². The van der Waals surface area contributed by atoms with Crippen LogP contribution in [0.2, 0.25) is 0 Å². The van der Waals surface area contributed by atoms with Gasteiger partial charge in [-0.2, -0.15) is 10.2 Å². The normalized spacial score (nSPS) is 12.9. The Morgan fingerprint density at radius 1 is 0.312 bits per heavy atom. The molecule has 13 aromatic carbocycles. The monoisotopic (exact) mass is 1600 g/mol. The first kappa shape index (κ1) is 66.0. The number of nitrogens with zero attached hydrogens (tertiary/aromatic N) is 8. The molecule has 0 fully saturated rings. The summed E-state index contributed by atoms with van der Waals surface area (Å²) in [6.07, 6.45) is 16.5. The van der Waals surface area contributed by atoms with Crippen molar-refractivity contribution in [3.63, 3.8) is 0 Å². The second-order valence-electron chi connectivity index (χ2n) is 28.7. The van der Waals surface area contributed by atoms with Crippen molar-refractivity contribution in [2.45, 2.75) is 6.04 Å². The molecule has 0 saturated carbocycles. The fourth-order valence-electron chi connectivity index (χ4n) is 17.3. The fraction of sp³-hybridized carbons (Fsp3) is 0.00971. The van der Waals surface area contributed by atoms with Crippen molar-refractivity contribution in [3.05, 3.63) is 388 Å². The number of hydrogen-bond acceptors (Lipinski definition) is 5. The summed E-state index contributed by atoms with van der Waals surface area (Å²) < 4.78 is 6.48. The standard InChI is InChI=1S/C103H62N8.Ir/c1-4-22-65(23-5-1)68-28-16-31-71(52-68)72-45-46-89-92(58-72)93-47-49-107-110(93)97-60-79(63-104-101(89)97)85-38-14-11-35-82(85)76-55-75(81-34-10-13-37-84(81)78-59-96-102(105-62-78)90-42-19-40-87(99(90)94-44-21-51-109(94)96)73-32-17-29-69(53-73)66-24-6-2-7-25-66)56-77(57-76)83-36-12-15-39-86(83)80-61-98-103(106-64-80)91-43-20-41-88(100(91)95-48-50-108-111(95)98)74-33-18-30-70(54-74)67-26-8-3-9-27-67;/h1-41,44-45,47-64,94H;/q-2;+3. The zero-order chi connectivity index (χ0) is 73.0. The largest absolute Gasteiger partial charge is 3.00 e. The molecule has 0 saturated heterocycles. The van der Waals surface area contributed by atoms with Gasteiger partial charge in [-0.25, -0.2) is 13.6 Å². The summed E-state index contributed by atoms with van der Waals surface area (Å²) in [5.74, 6) is 0. The second kappa shape index (κ2) is 27.2. The molecule has 112 heavy (non-hydrogen) atoms. The molecule has 0 N–H and O–H groups in total. The molecule has 0 spiro atoms. The first-order valence-electron chi connectivity index (χ1n) is 37.5. The van der Waals surface area contributed by atoms with Crippen molar-refractivity contribution in [2.24, 2.45) is 0 Å². The predicted molar refractivity (Wildman–Crippen MR) is 452 cm³/mol. The second-order valence-corrected chi connectivity index (χ2v) is 28.7. The van der Waals surface area contributed by atoms with Crippen molar-refractivity contribution < 1.29 is 24.7 Å². The number of pyridine rings is 5. The zero-order valence-electron chi connectivity index (χ0n) is 60.2. The maximum absolute atomic E-state index is 5.47. The molecule has 22 rings (SSSR count). The first-order valence-corrected chi connectivity index (χ1v) is 37.5. The molecule has 2 aliphatic rings. The summed E-state index contributed by atoms with van der Waals surface area (Å²) in [6, 6.07) is 126. The van der Waals surface area contributed by atoms with E-state index in [0.29, 0.717) is 0 Å². The fourth-order valence-corrected chi connectivity index (χ4v) is 17.3. The number of aromatic nitrogens is 7. The molecule has 9 heterocycles. The van der Waals surface area contributed by atoms with Gasteiger partial charge < -0.3 is 9.97 Å². The number of benzene rings is 13. The molecule has 7 aromatic heterocycles. The molecule has 9 heteroatoms. The Labute approximate surface area is 660 Å². The molecule has 20 aromatic rings. The summed E-state index contributed by atoms with van der Waals surface area (Å²) in [4.78, 5) is 16.3. The van der Waals surface area contributed by atoms with Gasteiger partial charge in [0.2, 0.25) is 0 Å². The van der Waals surface area contributed by atoms with Crippen molar-refractivity contribution in [1.82, 2.24) is 34.2 Å². The van der Waals surface area contributed by atoms with Gasteiger partial charge in [0.15, 0.2) is 17.9 Å². The van der Waals surface area contributed by atoms with Gasteiger partial charge in [-0.05, 0) is 161 Å². The number of fused-ring (bicyclic) bond motifs is 18. The van der Waals surface area contributed by atoms with E-state index in [1.807, 2.05) is 35.4 Å². The molecule has 1 atom stereocenters. The van der Waals surface area contributed by atoms with Gasteiger partial charge in [0.25, 0.3) is 0 Å². The van der Waals surface area contributed by atoms with Crippen molar-refractivity contribution in [1.29, 1.82) is 0 Å². The third kappa shape index (κ3) is 11.1. The molecule has 1 unspecified atom stereocenters. The summed E-state index contributed by atoms with van der Waals surface area (Å²) in [7, 11) is 0. The maximum atomic E-state index is 5.47. The van der Waals surface area contributed by atoms with Crippen molar-refractivity contribution >= 4 is 66.5 Å². The van der Waals surface area contributed by atoms with Crippen LogP contribution in [0.15, 0.2) is 365 Å². The average Bonchev–Trinajstić information content (AvgIpc) is 1.33. The molecule has 2 aliphatic heterocycles. The van der Waals surface area contributed by atoms with Crippen molar-refractivity contribution in [3.8, 4) is 145 Å². The van der Waals surface area contributed by atoms with E-state index < -0.39 is 0 Å². The smallest absolute Gasteiger partial charge is 0.302 e. The van der Waals surface area contributed by atoms with E-state index in [4.69, 9.17) is 25.1 Å². The van der Waals surface area contributed by atoms with E-state index in [2.05, 4.69) is 367 Å². The Morgan fingerprint density at radius 3 is 1.30 bits per heavy atom. The Hall–Kier alpha value is -14.2. The summed E-state index contributed by atoms with van der Waals surface area (Å²) in [5.41, 5.74) is 35.6. The van der Waals surface area contributed by atoms with E-state index >= 15 is 0 Å². The van der Waals surface area contributed by atoms with E-state index in [0.717, 1.165) is 177 Å². The molecule has 0 aliphatic carbocycles. The zero-order valence-corrected chi connectivity index (χ0v) is 62.6. The Balaban J connectivity index is 0.00000792. The third-order valence-electron chi connectivity index (χ3n) is 22.4. The Bertz CT molecular complexity index is 7280. The molecule has 0 amide bonds. The van der Waals surface area contributed by atoms with Gasteiger partial charge in [0.05, 0.1) is 5.69 Å². The van der Waals surface area contributed by atoms with Gasteiger partial charge in [-0.15, -0.1) is 70.9 Å². The molecular weight excluding hydrogens is 1540 g/mol. The Morgan fingerprint density at radius 2 is 0.741 bits per heavy atom. The van der Waals surface area contributed by atoms with E-state index in [1.54, 1.807) is 0 Å². The third-order valence-corrected chi connectivity index (χ3v) is 22.4. The predicted octanol–water partition coefficient (Wildman–Crippen LogP) is 25.2. The summed E-state index contributed by atoms with van der Waals surface area (Å²) in [6.45, 7) is 0. The van der Waals surface area contributed by atoms with Crippen LogP contribution in [0.4, 0.5) is 5.69 Å². The van der Waals surface area contributed by atoms with Gasteiger partial charge >= 0.3 is 20.1 Å². The van der Waals surface area contributed by atoms with Crippen LogP contribution in [0.1, 0.15) is 11.6 Å². The molecular formula is C103H62IrN8+. The molecule has 0 bridgehead atoms. The van der Waals surface area contributed by atoms with Crippen LogP contribution in [0.25, 0.3) is 199 Å². The van der Waals surface area contributed by atoms with Crippen molar-refractivity contribution in [2.75, 3.05) is 0 Å². The van der Waals surface area contributed by atoms with Crippen LogP contribution < -0.4 is 0 Å². The van der Waals surface area contributed by atoms with Gasteiger partial charge in [0, 0.05) is 92.9 Å². The number of allylic oxidation sites excluding steroid dienone is 1. The molecule has 0 radical (unpaired) electrons. The average molecular weight is 1600 g/mol. The number of rotatable bonds is 12. The van der Waals surface area contributed by atoms with Gasteiger partial charge in [-0.1, -0.05) is 257 Å². The molecule has 522 valence electrons. The SMILES string of the molecule is [Ir+3].[c-]1ccc(-c2cccc(-c3ccccc3)c2)c2c1-c1ncc(-c3ccccc3-c3cc(-c4ccccc4-c4cnc5c6[c-]cc(-c7cccc(-c8ccccc8)c7)cc6c6ccnn6c5c4)cc(-c4ccccc4-c4cnc5c6[c-]ccc(-c7cccc(-c8ccccc8)c7)c6c6ccnn6c5c4)c3)cc1[N+]1=CC=CC21. The topological polar surface area (TPSA) is 76.3 Å². The van der Waals surface area contributed by atoms with E-state index in [1.165, 1.54) is 33.4 Å². The minimum Gasteiger partial charge on any atom is -0.302 e. The quantitative estimate of drug-likeness (QED) is 0.0692. The van der Waals surface area contributed by atoms with E-state index in [-0.39, 0.29) is 26.1 Å². The Kier molecular flexibility index (Phi) is 16.0.